The first-order valence-electron chi connectivity index (χ1n) is 9.16. The van der Waals surface area contributed by atoms with Crippen LogP contribution in [0.1, 0.15) is 12.0 Å². The summed E-state index contributed by atoms with van der Waals surface area (Å²) in [5.74, 6) is -0.411. The fourth-order valence-electron chi connectivity index (χ4n) is 3.31. The monoisotopic (exact) mass is 412 g/mol. The highest BCUT2D eigenvalue weighted by Crippen LogP contribution is 2.23. The highest BCUT2D eigenvalue weighted by molar-refractivity contribution is 6.33. The summed E-state index contributed by atoms with van der Waals surface area (Å²) in [6.07, 6.45) is 2.02. The largest absolute Gasteiger partial charge is 0.371 e. The molecule has 29 heavy (non-hydrogen) atoms. The van der Waals surface area contributed by atoms with Gasteiger partial charge in [-0.1, -0.05) is 41.9 Å². The average molecular weight is 413 g/mol. The Labute approximate surface area is 171 Å². The van der Waals surface area contributed by atoms with Gasteiger partial charge >= 0.3 is 0 Å². The molecule has 1 aliphatic rings. The van der Waals surface area contributed by atoms with E-state index < -0.39 is 11.6 Å². The Morgan fingerprint density at radius 3 is 2.55 bits per heavy atom. The Hall–Kier alpha value is -3.19. The molecule has 2 heterocycles. The zero-order valence-corrected chi connectivity index (χ0v) is 16.1. The van der Waals surface area contributed by atoms with Gasteiger partial charge in [-0.2, -0.15) is 9.78 Å². The predicted octanol–water partition coefficient (Wildman–Crippen LogP) is 3.24. The zero-order valence-electron chi connectivity index (χ0n) is 15.4. The van der Waals surface area contributed by atoms with Crippen molar-refractivity contribution in [2.45, 2.75) is 19.0 Å². The molecule has 1 amide bonds. The Morgan fingerprint density at radius 1 is 1.10 bits per heavy atom. The number of amides is 1. The standard InChI is InChI=1S/C21H18ClFN4O2/c22-19-18(12-24-27(21(19)29)16-4-2-1-3-5-16)25-17-10-11-26(20(17)28)13-14-6-8-15(23)9-7-14/h1-9,12,17,25H,10-11,13H2. The van der Waals surface area contributed by atoms with E-state index in [-0.39, 0.29) is 16.7 Å². The number of carbonyl (C=O) groups excluding carboxylic acids is 1. The van der Waals surface area contributed by atoms with Crippen LogP contribution >= 0.6 is 11.6 Å². The smallest absolute Gasteiger partial charge is 0.292 e. The number of likely N-dealkylation sites (tertiary alicyclic amines) is 1. The van der Waals surface area contributed by atoms with Crippen LogP contribution in [0.25, 0.3) is 5.69 Å². The SMILES string of the molecule is O=C1C(Nc2cnn(-c3ccccc3)c(=O)c2Cl)CCN1Cc1ccc(F)cc1. The number of anilines is 1. The van der Waals surface area contributed by atoms with Crippen LogP contribution in [0.4, 0.5) is 10.1 Å². The molecule has 1 aromatic heterocycles. The lowest BCUT2D eigenvalue weighted by atomic mass is 10.2. The fourth-order valence-corrected chi connectivity index (χ4v) is 3.50. The summed E-state index contributed by atoms with van der Waals surface area (Å²) in [6, 6.07) is 14.5. The molecule has 2 aromatic carbocycles. The van der Waals surface area contributed by atoms with Crippen LogP contribution in [0.3, 0.4) is 0 Å². The normalized spacial score (nSPS) is 16.3. The van der Waals surface area contributed by atoms with E-state index in [1.54, 1.807) is 41.3 Å². The lowest BCUT2D eigenvalue weighted by molar-refractivity contribution is -0.128. The molecule has 148 valence electrons. The van der Waals surface area contributed by atoms with E-state index in [1.807, 2.05) is 6.07 Å². The van der Waals surface area contributed by atoms with Crippen molar-refractivity contribution < 1.29 is 9.18 Å². The van der Waals surface area contributed by atoms with Gasteiger partial charge < -0.3 is 10.2 Å². The summed E-state index contributed by atoms with van der Waals surface area (Å²) < 4.78 is 14.3. The van der Waals surface area contributed by atoms with Gasteiger partial charge in [-0.15, -0.1) is 0 Å². The Morgan fingerprint density at radius 2 is 1.83 bits per heavy atom. The van der Waals surface area contributed by atoms with Crippen molar-refractivity contribution in [3.8, 4) is 5.69 Å². The van der Waals surface area contributed by atoms with Crippen molar-refractivity contribution in [3.05, 3.63) is 87.6 Å². The summed E-state index contributed by atoms with van der Waals surface area (Å²) in [4.78, 5) is 27.0. The molecule has 1 N–H and O–H groups in total. The minimum absolute atomic E-state index is 0.0198. The first kappa shape index (κ1) is 19.1. The number of aromatic nitrogens is 2. The van der Waals surface area contributed by atoms with Crippen LogP contribution in [0, 0.1) is 5.82 Å². The first-order valence-corrected chi connectivity index (χ1v) is 9.54. The molecule has 6 nitrogen and oxygen atoms in total. The molecule has 1 fully saturated rings. The number of benzene rings is 2. The van der Waals surface area contributed by atoms with E-state index in [9.17, 15) is 14.0 Å². The fraction of sp³-hybridized carbons (Fsp3) is 0.190. The Balaban J connectivity index is 1.48. The Kier molecular flexibility index (Phi) is 5.31. The molecule has 1 unspecified atom stereocenters. The van der Waals surface area contributed by atoms with Crippen molar-refractivity contribution in [2.24, 2.45) is 0 Å². The maximum Gasteiger partial charge on any atom is 0.292 e. The van der Waals surface area contributed by atoms with Crippen LogP contribution in [-0.4, -0.2) is 33.2 Å². The molecule has 0 bridgehead atoms. The van der Waals surface area contributed by atoms with E-state index in [4.69, 9.17) is 11.6 Å². The van der Waals surface area contributed by atoms with Crippen molar-refractivity contribution in [2.75, 3.05) is 11.9 Å². The minimum atomic E-state index is -0.498. The van der Waals surface area contributed by atoms with E-state index in [0.717, 1.165) is 5.56 Å². The molecule has 4 rings (SSSR count). The minimum Gasteiger partial charge on any atom is -0.371 e. The highest BCUT2D eigenvalue weighted by Gasteiger charge is 2.32. The zero-order chi connectivity index (χ0) is 20.4. The van der Waals surface area contributed by atoms with E-state index in [0.29, 0.717) is 30.9 Å². The summed E-state index contributed by atoms with van der Waals surface area (Å²) in [5, 5.41) is 7.19. The van der Waals surface area contributed by atoms with E-state index in [1.165, 1.54) is 23.0 Å². The molecule has 0 spiro atoms. The van der Waals surface area contributed by atoms with E-state index >= 15 is 0 Å². The topological polar surface area (TPSA) is 67.2 Å². The van der Waals surface area contributed by atoms with Gasteiger partial charge in [0.2, 0.25) is 5.91 Å². The second-order valence-electron chi connectivity index (χ2n) is 6.80. The third kappa shape index (κ3) is 4.00. The first-order chi connectivity index (χ1) is 14.0. The van der Waals surface area contributed by atoms with Gasteiger partial charge in [-0.3, -0.25) is 9.59 Å². The number of nitrogens with one attached hydrogen (secondary N) is 1. The third-order valence-corrected chi connectivity index (χ3v) is 5.20. The molecule has 1 aliphatic heterocycles. The van der Waals surface area contributed by atoms with Crippen molar-refractivity contribution in [1.82, 2.24) is 14.7 Å². The maximum absolute atomic E-state index is 13.1. The molecule has 8 heteroatoms. The van der Waals surface area contributed by atoms with Gasteiger partial charge in [0.1, 0.15) is 16.9 Å². The molecule has 1 atom stereocenters. The second kappa shape index (κ2) is 8.05. The van der Waals surface area contributed by atoms with Gasteiger partial charge in [0, 0.05) is 13.1 Å². The second-order valence-corrected chi connectivity index (χ2v) is 7.17. The number of halogens is 2. The van der Waals surface area contributed by atoms with Gasteiger partial charge in [-0.25, -0.2) is 4.39 Å². The van der Waals surface area contributed by atoms with Crippen LogP contribution in [0.2, 0.25) is 5.02 Å². The number of para-hydroxylation sites is 1. The van der Waals surface area contributed by atoms with Gasteiger partial charge in [0.15, 0.2) is 0 Å². The lowest BCUT2D eigenvalue weighted by Gasteiger charge is -2.18. The number of hydrogen-bond acceptors (Lipinski definition) is 4. The molecular weight excluding hydrogens is 395 g/mol. The summed E-state index contributed by atoms with van der Waals surface area (Å²) in [7, 11) is 0. The average Bonchev–Trinajstić information content (AvgIpc) is 3.07. The third-order valence-electron chi connectivity index (χ3n) is 4.83. The van der Waals surface area contributed by atoms with Crippen LogP contribution in [0.5, 0.6) is 0 Å². The molecule has 0 aliphatic carbocycles. The number of rotatable bonds is 5. The summed E-state index contributed by atoms with van der Waals surface area (Å²) in [6.45, 7) is 0.957. The molecule has 3 aromatic rings. The molecular formula is C21H18ClFN4O2. The lowest BCUT2D eigenvalue weighted by Crippen LogP contribution is -2.34. The summed E-state index contributed by atoms with van der Waals surface area (Å²) in [5.41, 5.74) is 1.32. The Bertz CT molecular complexity index is 1090. The van der Waals surface area contributed by atoms with Gasteiger partial charge in [0.05, 0.1) is 17.6 Å². The van der Waals surface area contributed by atoms with Crippen molar-refractivity contribution >= 4 is 23.2 Å². The van der Waals surface area contributed by atoms with Crippen LogP contribution in [-0.2, 0) is 11.3 Å². The van der Waals surface area contributed by atoms with Crippen LogP contribution in [0.15, 0.2) is 65.6 Å². The maximum atomic E-state index is 13.1. The highest BCUT2D eigenvalue weighted by atomic mass is 35.5. The molecule has 1 saturated heterocycles. The van der Waals surface area contributed by atoms with Crippen LogP contribution < -0.4 is 10.9 Å². The quantitative estimate of drug-likeness (QED) is 0.698. The number of hydrogen-bond donors (Lipinski definition) is 1. The number of carbonyl (C=O) groups is 1. The summed E-state index contributed by atoms with van der Waals surface area (Å²) >= 11 is 6.26. The number of nitrogens with zero attached hydrogens (tertiary/aromatic N) is 3. The van der Waals surface area contributed by atoms with Crippen molar-refractivity contribution in [3.63, 3.8) is 0 Å². The predicted molar refractivity (Wildman–Crippen MR) is 109 cm³/mol. The van der Waals surface area contributed by atoms with Crippen molar-refractivity contribution in [1.29, 1.82) is 0 Å². The van der Waals surface area contributed by atoms with Gasteiger partial charge in [-0.05, 0) is 36.2 Å². The van der Waals surface area contributed by atoms with Gasteiger partial charge in [0.25, 0.3) is 5.56 Å². The van der Waals surface area contributed by atoms with E-state index in [2.05, 4.69) is 10.4 Å². The molecule has 0 saturated carbocycles. The molecule has 0 radical (unpaired) electrons.